The van der Waals surface area contributed by atoms with E-state index in [1.165, 1.54) is 6.07 Å². The zero-order valence-electron chi connectivity index (χ0n) is 9.81. The second-order valence-electron chi connectivity index (χ2n) is 4.01. The van der Waals surface area contributed by atoms with Crippen LogP contribution in [0.25, 0.3) is 0 Å². The van der Waals surface area contributed by atoms with Gasteiger partial charge in [-0.1, -0.05) is 39.7 Å². The Morgan fingerprint density at radius 1 is 1.28 bits per heavy atom. The average Bonchev–Trinajstić information content (AvgIpc) is 2.33. The van der Waals surface area contributed by atoms with Crippen molar-refractivity contribution in [1.29, 1.82) is 0 Å². The fourth-order valence-electron chi connectivity index (χ4n) is 1.67. The van der Waals surface area contributed by atoms with E-state index >= 15 is 0 Å². The summed E-state index contributed by atoms with van der Waals surface area (Å²) in [5, 5.41) is 3.64. The Kier molecular flexibility index (Phi) is 4.25. The Morgan fingerprint density at radius 3 is 2.78 bits per heavy atom. The lowest BCUT2D eigenvalue weighted by molar-refractivity contribution is 0.613. The lowest BCUT2D eigenvalue weighted by Crippen LogP contribution is -2.03. The van der Waals surface area contributed by atoms with Crippen LogP contribution < -0.4 is 5.32 Å². The van der Waals surface area contributed by atoms with Gasteiger partial charge in [-0.2, -0.15) is 0 Å². The topological polar surface area (TPSA) is 12.0 Å². The molecule has 2 aromatic carbocycles. The van der Waals surface area contributed by atoms with Gasteiger partial charge in [0, 0.05) is 27.3 Å². The van der Waals surface area contributed by atoms with Crippen LogP contribution in [-0.4, -0.2) is 0 Å². The minimum atomic E-state index is -0.289. The highest BCUT2D eigenvalue weighted by Crippen LogP contribution is 2.24. The van der Waals surface area contributed by atoms with Crippen molar-refractivity contribution in [3.05, 3.63) is 62.8 Å². The van der Waals surface area contributed by atoms with Gasteiger partial charge >= 0.3 is 0 Å². The van der Waals surface area contributed by atoms with E-state index in [2.05, 4.69) is 21.2 Å². The van der Waals surface area contributed by atoms with E-state index in [4.69, 9.17) is 11.6 Å². The highest BCUT2D eigenvalue weighted by molar-refractivity contribution is 9.10. The summed E-state index contributed by atoms with van der Waals surface area (Å²) in [5.74, 6) is -0.289. The summed E-state index contributed by atoms with van der Waals surface area (Å²) < 4.78 is 14.6. The standard InChI is InChI=1S/C14H12BrClFN/c1-9-5-6-10(15)7-14(9)18-8-11-12(16)3-2-4-13(11)17/h2-7,18H,8H2,1H3. The first kappa shape index (κ1) is 13.4. The van der Waals surface area contributed by atoms with Gasteiger partial charge in [0.2, 0.25) is 0 Å². The Balaban J connectivity index is 2.19. The van der Waals surface area contributed by atoms with Crippen molar-refractivity contribution >= 4 is 33.2 Å². The molecule has 0 saturated carbocycles. The molecule has 0 bridgehead atoms. The van der Waals surface area contributed by atoms with Gasteiger partial charge in [-0.25, -0.2) is 4.39 Å². The molecule has 0 aromatic heterocycles. The maximum Gasteiger partial charge on any atom is 0.129 e. The molecule has 2 rings (SSSR count). The third kappa shape index (κ3) is 3.03. The zero-order valence-corrected chi connectivity index (χ0v) is 12.1. The van der Waals surface area contributed by atoms with Crippen molar-refractivity contribution < 1.29 is 4.39 Å². The minimum Gasteiger partial charge on any atom is -0.381 e. The van der Waals surface area contributed by atoms with Crippen LogP contribution in [0.3, 0.4) is 0 Å². The second kappa shape index (κ2) is 5.72. The lowest BCUT2D eigenvalue weighted by atomic mass is 10.1. The van der Waals surface area contributed by atoms with Crippen LogP contribution in [-0.2, 0) is 6.54 Å². The molecule has 94 valence electrons. The largest absolute Gasteiger partial charge is 0.381 e. The number of halogens is 3. The van der Waals surface area contributed by atoms with Crippen LogP contribution in [0.2, 0.25) is 5.02 Å². The molecule has 0 unspecified atom stereocenters. The highest BCUT2D eigenvalue weighted by atomic mass is 79.9. The molecule has 1 N–H and O–H groups in total. The number of nitrogens with one attached hydrogen (secondary N) is 1. The first-order valence-corrected chi connectivity index (χ1v) is 6.68. The summed E-state index contributed by atoms with van der Waals surface area (Å²) in [7, 11) is 0. The van der Waals surface area contributed by atoms with E-state index < -0.39 is 0 Å². The number of hydrogen-bond acceptors (Lipinski definition) is 1. The van der Waals surface area contributed by atoms with Crippen molar-refractivity contribution in [2.75, 3.05) is 5.32 Å². The maximum absolute atomic E-state index is 13.6. The van der Waals surface area contributed by atoms with E-state index in [1.807, 2.05) is 25.1 Å². The van der Waals surface area contributed by atoms with Crippen molar-refractivity contribution in [3.8, 4) is 0 Å². The molecule has 0 aliphatic rings. The maximum atomic E-state index is 13.6. The summed E-state index contributed by atoms with van der Waals surface area (Å²) in [4.78, 5) is 0. The number of rotatable bonds is 3. The van der Waals surface area contributed by atoms with E-state index in [-0.39, 0.29) is 5.82 Å². The van der Waals surface area contributed by atoms with E-state index in [1.54, 1.807) is 12.1 Å². The van der Waals surface area contributed by atoms with Gasteiger partial charge in [-0.3, -0.25) is 0 Å². The van der Waals surface area contributed by atoms with Gasteiger partial charge in [-0.15, -0.1) is 0 Å². The molecule has 0 saturated heterocycles. The van der Waals surface area contributed by atoms with Gasteiger partial charge in [0.05, 0.1) is 0 Å². The third-order valence-corrected chi connectivity index (χ3v) is 3.56. The molecule has 0 radical (unpaired) electrons. The van der Waals surface area contributed by atoms with Crippen molar-refractivity contribution in [2.45, 2.75) is 13.5 Å². The van der Waals surface area contributed by atoms with Crippen molar-refractivity contribution in [2.24, 2.45) is 0 Å². The van der Waals surface area contributed by atoms with E-state index in [9.17, 15) is 4.39 Å². The smallest absolute Gasteiger partial charge is 0.129 e. The number of aryl methyl sites for hydroxylation is 1. The van der Waals surface area contributed by atoms with Crippen LogP contribution in [0.1, 0.15) is 11.1 Å². The average molecular weight is 329 g/mol. The third-order valence-electron chi connectivity index (χ3n) is 2.72. The highest BCUT2D eigenvalue weighted by Gasteiger charge is 2.07. The summed E-state index contributed by atoms with van der Waals surface area (Å²) in [5.41, 5.74) is 2.55. The molecule has 4 heteroatoms. The molecule has 0 heterocycles. The summed E-state index contributed by atoms with van der Waals surface area (Å²) >= 11 is 9.39. The SMILES string of the molecule is Cc1ccc(Br)cc1NCc1c(F)cccc1Cl. The molecule has 0 amide bonds. The minimum absolute atomic E-state index is 0.289. The predicted molar refractivity (Wildman–Crippen MR) is 77.6 cm³/mol. The fraction of sp³-hybridized carbons (Fsp3) is 0.143. The lowest BCUT2D eigenvalue weighted by Gasteiger charge is -2.11. The van der Waals surface area contributed by atoms with Gasteiger partial charge in [0.25, 0.3) is 0 Å². The van der Waals surface area contributed by atoms with E-state index in [0.29, 0.717) is 17.1 Å². The molecule has 0 aliphatic carbocycles. The van der Waals surface area contributed by atoms with E-state index in [0.717, 1.165) is 15.7 Å². The van der Waals surface area contributed by atoms with Crippen LogP contribution >= 0.6 is 27.5 Å². The van der Waals surface area contributed by atoms with Crippen molar-refractivity contribution in [3.63, 3.8) is 0 Å². The van der Waals surface area contributed by atoms with Crippen LogP contribution in [0.4, 0.5) is 10.1 Å². The molecule has 0 fully saturated rings. The Bertz CT molecular complexity index is 551. The Hall–Kier alpha value is -1.06. The fourth-order valence-corrected chi connectivity index (χ4v) is 2.26. The van der Waals surface area contributed by atoms with Crippen LogP contribution in [0, 0.1) is 12.7 Å². The predicted octanol–water partition coefficient (Wildman–Crippen LogP) is 5.16. The van der Waals surface area contributed by atoms with Crippen LogP contribution in [0.5, 0.6) is 0 Å². The number of hydrogen-bond donors (Lipinski definition) is 1. The Morgan fingerprint density at radius 2 is 2.06 bits per heavy atom. The molecule has 1 nitrogen and oxygen atoms in total. The number of anilines is 1. The molecular weight excluding hydrogens is 317 g/mol. The normalized spacial score (nSPS) is 10.4. The van der Waals surface area contributed by atoms with Crippen molar-refractivity contribution in [1.82, 2.24) is 0 Å². The van der Waals surface area contributed by atoms with Gasteiger partial charge in [0.15, 0.2) is 0 Å². The zero-order chi connectivity index (χ0) is 13.1. The first-order chi connectivity index (χ1) is 8.58. The second-order valence-corrected chi connectivity index (χ2v) is 5.34. The molecule has 0 aliphatic heterocycles. The van der Waals surface area contributed by atoms with Gasteiger partial charge in [0.1, 0.15) is 5.82 Å². The van der Waals surface area contributed by atoms with Gasteiger partial charge < -0.3 is 5.32 Å². The van der Waals surface area contributed by atoms with Crippen LogP contribution in [0.15, 0.2) is 40.9 Å². The molecule has 0 spiro atoms. The summed E-state index contributed by atoms with van der Waals surface area (Å²) in [6.07, 6.45) is 0. The van der Waals surface area contributed by atoms with Gasteiger partial charge in [-0.05, 0) is 36.8 Å². The summed E-state index contributed by atoms with van der Waals surface area (Å²) in [6, 6.07) is 10.6. The number of benzene rings is 2. The monoisotopic (exact) mass is 327 g/mol. The molecule has 18 heavy (non-hydrogen) atoms. The quantitative estimate of drug-likeness (QED) is 0.820. The molecule has 0 atom stereocenters. The molecular formula is C14H12BrClFN. The summed E-state index contributed by atoms with van der Waals surface area (Å²) in [6.45, 7) is 2.36. The molecule has 2 aromatic rings. The Labute approximate surface area is 119 Å². The first-order valence-electron chi connectivity index (χ1n) is 5.51.